The molecule has 36 heavy (non-hydrogen) atoms. The standard InChI is InChI=1S/C23H21F9N2O2/c1-3-36-20(35)34-11(2)6-17(16-10-13(21(24,25)26)4-5-18(16)34)19(33)12-7-14(22(27,28)29)9-15(8-12)23(30,31)32/h4-5,7-11,17,19H,3,6,33H2,1-2H3/t11-,17-,19+/m1/s1. The fraction of sp³-hybridized carbons (Fsp3) is 0.435. The lowest BCUT2D eigenvalue weighted by atomic mass is 9.78. The molecule has 2 aromatic carbocycles. The second-order valence-electron chi connectivity index (χ2n) is 8.40. The van der Waals surface area contributed by atoms with Crippen LogP contribution in [-0.2, 0) is 23.3 Å². The topological polar surface area (TPSA) is 55.6 Å². The molecule has 1 aliphatic rings. The quantitative estimate of drug-likeness (QED) is 0.426. The van der Waals surface area contributed by atoms with Crippen LogP contribution in [-0.4, -0.2) is 18.7 Å². The normalized spacial score (nSPS) is 19.6. The largest absolute Gasteiger partial charge is 0.449 e. The highest BCUT2D eigenvalue weighted by molar-refractivity contribution is 5.90. The van der Waals surface area contributed by atoms with Crippen LogP contribution in [0.1, 0.15) is 60.0 Å². The second kappa shape index (κ2) is 9.49. The molecule has 0 unspecified atom stereocenters. The van der Waals surface area contributed by atoms with Gasteiger partial charge in [0.2, 0.25) is 0 Å². The highest BCUT2D eigenvalue weighted by Gasteiger charge is 2.42. The van der Waals surface area contributed by atoms with E-state index in [1.165, 1.54) is 13.8 Å². The van der Waals surface area contributed by atoms with Crippen LogP contribution in [0, 0.1) is 0 Å². The lowest BCUT2D eigenvalue weighted by Crippen LogP contribution is -2.45. The Hall–Kier alpha value is -2.96. The first kappa shape index (κ1) is 27.6. The number of hydrogen-bond acceptors (Lipinski definition) is 3. The van der Waals surface area contributed by atoms with Gasteiger partial charge in [0.05, 0.1) is 29.0 Å². The number of ether oxygens (including phenoxy) is 1. The van der Waals surface area contributed by atoms with Crippen LogP contribution in [0.4, 0.5) is 50.0 Å². The zero-order chi connectivity index (χ0) is 27.2. The minimum absolute atomic E-state index is 0.0244. The third kappa shape index (κ3) is 5.55. The molecule has 0 aromatic heterocycles. The number of nitrogens with two attached hydrogens (primary N) is 1. The summed E-state index contributed by atoms with van der Waals surface area (Å²) in [6.07, 6.45) is -16.1. The Morgan fingerprint density at radius 3 is 1.94 bits per heavy atom. The molecule has 1 aliphatic heterocycles. The number of anilines is 1. The molecule has 0 saturated heterocycles. The van der Waals surface area contributed by atoms with Crippen LogP contribution in [0.3, 0.4) is 0 Å². The number of carbonyl (C=O) groups is 1. The lowest BCUT2D eigenvalue weighted by Gasteiger charge is -2.41. The maximum atomic E-state index is 13.4. The molecule has 3 atom stereocenters. The summed E-state index contributed by atoms with van der Waals surface area (Å²) in [6, 6.07) is 0.994. The summed E-state index contributed by atoms with van der Waals surface area (Å²) in [4.78, 5) is 13.6. The molecule has 3 rings (SSSR count). The van der Waals surface area contributed by atoms with Crippen molar-refractivity contribution in [1.82, 2.24) is 0 Å². The van der Waals surface area contributed by atoms with Crippen LogP contribution in [0.2, 0.25) is 0 Å². The van der Waals surface area contributed by atoms with Gasteiger partial charge in [-0.3, -0.25) is 4.90 Å². The number of amides is 1. The Labute approximate surface area is 199 Å². The summed E-state index contributed by atoms with van der Waals surface area (Å²) < 4.78 is 125. The van der Waals surface area contributed by atoms with E-state index in [4.69, 9.17) is 10.5 Å². The summed E-state index contributed by atoms with van der Waals surface area (Å²) in [5.74, 6) is -1.15. The van der Waals surface area contributed by atoms with Crippen molar-refractivity contribution in [1.29, 1.82) is 0 Å². The first-order chi connectivity index (χ1) is 16.4. The Morgan fingerprint density at radius 2 is 1.47 bits per heavy atom. The molecule has 2 N–H and O–H groups in total. The zero-order valence-electron chi connectivity index (χ0n) is 18.9. The number of hydrogen-bond donors (Lipinski definition) is 1. The molecule has 1 amide bonds. The predicted octanol–water partition coefficient (Wildman–Crippen LogP) is 7.28. The van der Waals surface area contributed by atoms with Gasteiger partial charge in [0.1, 0.15) is 0 Å². The van der Waals surface area contributed by atoms with Gasteiger partial charge in [-0.25, -0.2) is 4.79 Å². The van der Waals surface area contributed by atoms with E-state index in [1.54, 1.807) is 0 Å². The molecule has 0 radical (unpaired) electrons. The predicted molar refractivity (Wildman–Crippen MR) is 111 cm³/mol. The van der Waals surface area contributed by atoms with Gasteiger partial charge in [-0.15, -0.1) is 0 Å². The fourth-order valence-corrected chi connectivity index (χ4v) is 4.30. The molecule has 0 bridgehead atoms. The van der Waals surface area contributed by atoms with Crippen molar-refractivity contribution in [3.05, 3.63) is 64.2 Å². The van der Waals surface area contributed by atoms with Crippen LogP contribution >= 0.6 is 0 Å². The van der Waals surface area contributed by atoms with Gasteiger partial charge in [0.25, 0.3) is 0 Å². The average molecular weight is 528 g/mol. The first-order valence-corrected chi connectivity index (χ1v) is 10.7. The van der Waals surface area contributed by atoms with Crippen molar-refractivity contribution in [3.8, 4) is 0 Å². The SMILES string of the molecule is CCOC(=O)N1c2ccc(C(F)(F)F)cc2[C@H]([C@@H](N)c2cc(C(F)(F)F)cc(C(F)(F)F)c2)C[C@H]1C. The Morgan fingerprint density at radius 1 is 0.944 bits per heavy atom. The van der Waals surface area contributed by atoms with E-state index in [0.29, 0.717) is 18.2 Å². The highest BCUT2D eigenvalue weighted by atomic mass is 19.4. The van der Waals surface area contributed by atoms with Crippen LogP contribution < -0.4 is 10.6 Å². The molecule has 0 spiro atoms. The van der Waals surface area contributed by atoms with Crippen LogP contribution in [0.5, 0.6) is 0 Å². The van der Waals surface area contributed by atoms with Gasteiger partial charge < -0.3 is 10.5 Å². The van der Waals surface area contributed by atoms with Gasteiger partial charge in [-0.1, -0.05) is 0 Å². The van der Waals surface area contributed by atoms with Crippen molar-refractivity contribution >= 4 is 11.8 Å². The van der Waals surface area contributed by atoms with E-state index < -0.39 is 64.9 Å². The third-order valence-electron chi connectivity index (χ3n) is 5.94. The van der Waals surface area contributed by atoms with Gasteiger partial charge >= 0.3 is 24.6 Å². The molecule has 4 nitrogen and oxygen atoms in total. The van der Waals surface area contributed by atoms with E-state index in [1.807, 2.05) is 0 Å². The summed E-state index contributed by atoms with van der Waals surface area (Å²) in [6.45, 7) is 3.00. The third-order valence-corrected chi connectivity index (χ3v) is 5.94. The summed E-state index contributed by atoms with van der Waals surface area (Å²) in [5.41, 5.74) is 1.14. The monoisotopic (exact) mass is 528 g/mol. The molecule has 2 aromatic rings. The molecule has 198 valence electrons. The average Bonchev–Trinajstić information content (AvgIpc) is 2.75. The van der Waals surface area contributed by atoms with Crippen molar-refractivity contribution in [3.63, 3.8) is 0 Å². The highest BCUT2D eigenvalue weighted by Crippen LogP contribution is 2.47. The maximum Gasteiger partial charge on any atom is 0.416 e. The van der Waals surface area contributed by atoms with Crippen molar-refractivity contribution in [2.75, 3.05) is 11.5 Å². The lowest BCUT2D eigenvalue weighted by molar-refractivity contribution is -0.143. The van der Waals surface area contributed by atoms with Crippen molar-refractivity contribution < 1.29 is 49.0 Å². The molecule has 1 heterocycles. The molecule has 13 heteroatoms. The second-order valence-corrected chi connectivity index (χ2v) is 8.40. The van der Waals surface area contributed by atoms with E-state index in [9.17, 15) is 44.3 Å². The number of benzene rings is 2. The van der Waals surface area contributed by atoms with Gasteiger partial charge in [-0.2, -0.15) is 39.5 Å². The van der Waals surface area contributed by atoms with Crippen molar-refractivity contribution in [2.24, 2.45) is 5.73 Å². The van der Waals surface area contributed by atoms with E-state index in [0.717, 1.165) is 17.0 Å². The Bertz CT molecular complexity index is 1090. The first-order valence-electron chi connectivity index (χ1n) is 10.7. The minimum atomic E-state index is -5.13. The number of rotatable bonds is 3. The van der Waals surface area contributed by atoms with E-state index in [-0.39, 0.29) is 30.3 Å². The molecule has 0 saturated carbocycles. The maximum absolute atomic E-state index is 13.4. The van der Waals surface area contributed by atoms with Crippen molar-refractivity contribution in [2.45, 2.75) is 56.8 Å². The van der Waals surface area contributed by atoms with Gasteiger partial charge in [0, 0.05) is 18.0 Å². The number of halogens is 9. The summed E-state index contributed by atoms with van der Waals surface area (Å²) in [5, 5.41) is 0. The van der Waals surface area contributed by atoms with Gasteiger partial charge in [-0.05, 0) is 67.8 Å². The molecule has 0 aliphatic carbocycles. The minimum Gasteiger partial charge on any atom is -0.449 e. The smallest absolute Gasteiger partial charge is 0.416 e. The van der Waals surface area contributed by atoms with Crippen LogP contribution in [0.15, 0.2) is 36.4 Å². The molecular formula is C23H21F9N2O2. The van der Waals surface area contributed by atoms with Gasteiger partial charge in [0.15, 0.2) is 0 Å². The number of carbonyl (C=O) groups excluding carboxylic acids is 1. The summed E-state index contributed by atoms with van der Waals surface area (Å²) in [7, 11) is 0. The fourth-order valence-electron chi connectivity index (χ4n) is 4.30. The van der Waals surface area contributed by atoms with E-state index in [2.05, 4.69) is 0 Å². The zero-order valence-corrected chi connectivity index (χ0v) is 18.9. The molecular weight excluding hydrogens is 507 g/mol. The number of nitrogens with zero attached hydrogens (tertiary/aromatic N) is 1. The number of fused-ring (bicyclic) bond motifs is 1. The number of alkyl halides is 9. The molecule has 0 fully saturated rings. The Kier molecular flexibility index (Phi) is 7.28. The van der Waals surface area contributed by atoms with Crippen LogP contribution in [0.25, 0.3) is 0 Å². The van der Waals surface area contributed by atoms with E-state index >= 15 is 0 Å². The summed E-state index contributed by atoms with van der Waals surface area (Å²) >= 11 is 0. The Balaban J connectivity index is 2.19.